The molecule has 21 heavy (non-hydrogen) atoms. The number of thiazole rings is 1. The van der Waals surface area contributed by atoms with Crippen molar-refractivity contribution in [3.8, 4) is 0 Å². The van der Waals surface area contributed by atoms with Gasteiger partial charge < -0.3 is 4.90 Å². The van der Waals surface area contributed by atoms with E-state index in [2.05, 4.69) is 9.71 Å². The summed E-state index contributed by atoms with van der Waals surface area (Å²) in [6.45, 7) is 5.43. The third kappa shape index (κ3) is 4.91. The number of sulfonamides is 1. The van der Waals surface area contributed by atoms with E-state index in [4.69, 9.17) is 11.6 Å². The number of aromatic nitrogens is 1. The number of amides is 1. The molecule has 0 bridgehead atoms. The van der Waals surface area contributed by atoms with Gasteiger partial charge in [-0.25, -0.2) is 13.4 Å². The van der Waals surface area contributed by atoms with Gasteiger partial charge in [0.05, 0.1) is 5.69 Å². The van der Waals surface area contributed by atoms with E-state index in [-0.39, 0.29) is 20.5 Å². The lowest BCUT2D eigenvalue weighted by molar-refractivity contribution is -0.130. The molecule has 0 saturated heterocycles. The van der Waals surface area contributed by atoms with Gasteiger partial charge in [0, 0.05) is 14.1 Å². The Labute approximate surface area is 134 Å². The lowest BCUT2D eigenvalue weighted by atomic mass is 10.0. The van der Waals surface area contributed by atoms with Crippen LogP contribution in [0, 0.1) is 12.8 Å². The number of carbonyl (C=O) groups excluding carboxylic acids is 1. The van der Waals surface area contributed by atoms with E-state index in [1.807, 2.05) is 13.8 Å². The molecule has 6 nitrogen and oxygen atoms in total. The van der Waals surface area contributed by atoms with E-state index in [1.54, 1.807) is 21.0 Å². The molecule has 0 aliphatic carbocycles. The minimum absolute atomic E-state index is 0.0489. The first-order valence-corrected chi connectivity index (χ1v) is 9.08. The van der Waals surface area contributed by atoms with Crippen LogP contribution in [0.3, 0.4) is 0 Å². The summed E-state index contributed by atoms with van der Waals surface area (Å²) in [5, 5.41) is 0. The van der Waals surface area contributed by atoms with Gasteiger partial charge in [-0.2, -0.15) is 4.72 Å². The Morgan fingerprint density at radius 3 is 2.38 bits per heavy atom. The highest BCUT2D eigenvalue weighted by Gasteiger charge is 2.30. The highest BCUT2D eigenvalue weighted by molar-refractivity contribution is 7.91. The van der Waals surface area contributed by atoms with Crippen molar-refractivity contribution in [1.29, 1.82) is 0 Å². The van der Waals surface area contributed by atoms with Gasteiger partial charge in [-0.05, 0) is 19.3 Å². The van der Waals surface area contributed by atoms with Crippen LogP contribution in [0.15, 0.2) is 4.21 Å². The minimum atomic E-state index is -3.82. The summed E-state index contributed by atoms with van der Waals surface area (Å²) in [5.41, 5.74) is 0.332. The van der Waals surface area contributed by atoms with E-state index in [1.165, 1.54) is 4.90 Å². The van der Waals surface area contributed by atoms with Gasteiger partial charge in [0.1, 0.15) is 6.04 Å². The monoisotopic (exact) mass is 353 g/mol. The second kappa shape index (κ2) is 7.04. The smallest absolute Gasteiger partial charge is 0.252 e. The van der Waals surface area contributed by atoms with Crippen LogP contribution in [-0.4, -0.2) is 44.3 Å². The minimum Gasteiger partial charge on any atom is -0.347 e. The molecule has 1 aromatic heterocycles. The number of nitrogens with zero attached hydrogens (tertiary/aromatic N) is 2. The Morgan fingerprint density at radius 1 is 1.43 bits per heavy atom. The standard InChI is InChI=1S/C12H20ClN3O3S2/c1-7(2)6-9(10(17)16(4)5)15-21(18,19)11-8(3)14-12(13)20-11/h7,9,15H,6H2,1-5H3. The van der Waals surface area contributed by atoms with Crippen LogP contribution in [0.2, 0.25) is 4.47 Å². The van der Waals surface area contributed by atoms with Crippen LogP contribution < -0.4 is 4.72 Å². The van der Waals surface area contributed by atoms with Crippen LogP contribution in [0.1, 0.15) is 26.0 Å². The van der Waals surface area contributed by atoms with Gasteiger partial charge in [-0.15, -0.1) is 0 Å². The zero-order valence-corrected chi connectivity index (χ0v) is 15.1. The predicted molar refractivity (Wildman–Crippen MR) is 84.1 cm³/mol. The van der Waals surface area contributed by atoms with Gasteiger partial charge in [0.2, 0.25) is 5.91 Å². The molecule has 9 heteroatoms. The molecule has 1 unspecified atom stereocenters. The molecule has 1 N–H and O–H groups in total. The van der Waals surface area contributed by atoms with Gasteiger partial charge >= 0.3 is 0 Å². The summed E-state index contributed by atoms with van der Waals surface area (Å²) in [6, 6.07) is -0.801. The first-order chi connectivity index (χ1) is 9.54. The number of likely N-dealkylation sites (N-methyl/N-ethyl adjacent to an activating group) is 1. The molecule has 1 heterocycles. The van der Waals surface area contributed by atoms with Crippen molar-refractivity contribution < 1.29 is 13.2 Å². The molecule has 0 fully saturated rings. The summed E-state index contributed by atoms with van der Waals surface area (Å²) in [4.78, 5) is 17.4. The largest absolute Gasteiger partial charge is 0.347 e. The summed E-state index contributed by atoms with van der Waals surface area (Å²) < 4.78 is 27.5. The Balaban J connectivity index is 3.07. The highest BCUT2D eigenvalue weighted by Crippen LogP contribution is 2.27. The van der Waals surface area contributed by atoms with E-state index < -0.39 is 16.1 Å². The Morgan fingerprint density at radius 2 is 2.00 bits per heavy atom. The van der Waals surface area contributed by atoms with Crippen LogP contribution >= 0.6 is 22.9 Å². The lowest BCUT2D eigenvalue weighted by Gasteiger charge is -2.22. The van der Waals surface area contributed by atoms with Crippen molar-refractivity contribution in [1.82, 2.24) is 14.6 Å². The SMILES string of the molecule is Cc1nc(Cl)sc1S(=O)(=O)NC(CC(C)C)C(=O)N(C)C. The summed E-state index contributed by atoms with van der Waals surface area (Å²) in [6.07, 6.45) is 0.418. The number of nitrogens with one attached hydrogen (secondary N) is 1. The Bertz CT molecular complexity index is 611. The van der Waals surface area contributed by atoms with Crippen LogP contribution in [0.4, 0.5) is 0 Å². The van der Waals surface area contributed by atoms with Crippen LogP contribution in [0.5, 0.6) is 0 Å². The van der Waals surface area contributed by atoms with E-state index in [0.29, 0.717) is 12.1 Å². The van der Waals surface area contributed by atoms with Crippen LogP contribution in [-0.2, 0) is 14.8 Å². The summed E-state index contributed by atoms with van der Waals surface area (Å²) in [7, 11) is -0.627. The van der Waals surface area contributed by atoms with E-state index in [9.17, 15) is 13.2 Å². The first-order valence-electron chi connectivity index (χ1n) is 6.41. The van der Waals surface area contributed by atoms with E-state index in [0.717, 1.165) is 11.3 Å². The van der Waals surface area contributed by atoms with Crippen molar-refractivity contribution in [2.75, 3.05) is 14.1 Å². The van der Waals surface area contributed by atoms with Gasteiger partial charge in [-0.1, -0.05) is 36.8 Å². The summed E-state index contributed by atoms with van der Waals surface area (Å²) in [5.74, 6) is -0.103. The first kappa shape index (κ1) is 18.3. The lowest BCUT2D eigenvalue weighted by Crippen LogP contribution is -2.46. The molecular weight excluding hydrogens is 334 g/mol. The number of aryl methyl sites for hydroxylation is 1. The highest BCUT2D eigenvalue weighted by atomic mass is 35.5. The van der Waals surface area contributed by atoms with Gasteiger partial charge in [0.25, 0.3) is 10.0 Å². The molecule has 0 spiro atoms. The Kier molecular flexibility index (Phi) is 6.15. The maximum atomic E-state index is 12.4. The molecule has 1 aromatic rings. The van der Waals surface area contributed by atoms with Gasteiger partial charge in [-0.3, -0.25) is 4.79 Å². The zero-order chi connectivity index (χ0) is 16.4. The van der Waals surface area contributed by atoms with Crippen molar-refractivity contribution in [2.24, 2.45) is 5.92 Å². The molecule has 0 saturated carbocycles. The van der Waals surface area contributed by atoms with Crippen molar-refractivity contribution in [3.05, 3.63) is 10.2 Å². The third-order valence-corrected chi connectivity index (χ3v) is 6.06. The maximum absolute atomic E-state index is 12.4. The fraction of sp³-hybridized carbons (Fsp3) is 0.667. The molecule has 0 aliphatic heterocycles. The van der Waals surface area contributed by atoms with Crippen molar-refractivity contribution in [2.45, 2.75) is 37.4 Å². The fourth-order valence-corrected chi connectivity index (χ4v) is 4.78. The summed E-state index contributed by atoms with van der Waals surface area (Å²) >= 11 is 6.63. The van der Waals surface area contributed by atoms with E-state index >= 15 is 0 Å². The quantitative estimate of drug-likeness (QED) is 0.846. The van der Waals surface area contributed by atoms with Crippen molar-refractivity contribution >= 4 is 38.9 Å². The number of carbonyl (C=O) groups is 1. The number of hydrogen-bond donors (Lipinski definition) is 1. The van der Waals surface area contributed by atoms with Gasteiger partial charge in [0.15, 0.2) is 8.68 Å². The second-order valence-electron chi connectivity index (χ2n) is 5.38. The normalized spacial score (nSPS) is 13.5. The molecule has 1 atom stereocenters. The molecule has 0 radical (unpaired) electrons. The topological polar surface area (TPSA) is 79.4 Å². The Hall–Kier alpha value is -0.700. The molecule has 0 aromatic carbocycles. The average Bonchev–Trinajstić information content (AvgIpc) is 2.66. The maximum Gasteiger partial charge on any atom is 0.252 e. The zero-order valence-electron chi connectivity index (χ0n) is 12.7. The molecular formula is C12H20ClN3O3S2. The molecule has 1 amide bonds. The second-order valence-corrected chi connectivity index (χ2v) is 8.87. The number of hydrogen-bond acceptors (Lipinski definition) is 5. The molecule has 1 rings (SSSR count). The fourth-order valence-electron chi connectivity index (χ4n) is 1.82. The molecule has 0 aliphatic rings. The number of halogens is 1. The third-order valence-electron chi connectivity index (χ3n) is 2.72. The number of rotatable bonds is 6. The predicted octanol–water partition coefficient (Wildman–Crippen LogP) is 1.89. The average molecular weight is 354 g/mol. The van der Waals surface area contributed by atoms with Crippen LogP contribution in [0.25, 0.3) is 0 Å². The van der Waals surface area contributed by atoms with Crippen molar-refractivity contribution in [3.63, 3.8) is 0 Å². The molecule has 120 valence electrons.